The summed E-state index contributed by atoms with van der Waals surface area (Å²) in [4.78, 5) is 11.1. The average molecular weight is 198 g/mol. The fraction of sp³-hybridized carbons (Fsp3) is 0.917. The molecule has 2 heteroatoms. The van der Waals surface area contributed by atoms with E-state index in [1.165, 1.54) is 0 Å². The molecule has 3 atom stereocenters. The molecule has 2 nitrogen and oxygen atoms in total. The SMILES string of the molecule is CC1CCC(C(=O)O)C(C(C)(C)C)C1. The molecule has 0 aromatic carbocycles. The number of aliphatic carboxylic acids is 1. The van der Waals surface area contributed by atoms with Crippen LogP contribution in [-0.2, 0) is 4.79 Å². The van der Waals surface area contributed by atoms with Crippen molar-refractivity contribution in [2.24, 2.45) is 23.2 Å². The van der Waals surface area contributed by atoms with Gasteiger partial charge >= 0.3 is 5.97 Å². The van der Waals surface area contributed by atoms with E-state index in [4.69, 9.17) is 5.11 Å². The number of carbonyl (C=O) groups is 1. The first-order valence-electron chi connectivity index (χ1n) is 5.55. The van der Waals surface area contributed by atoms with Crippen LogP contribution in [0.3, 0.4) is 0 Å². The average Bonchev–Trinajstić information content (AvgIpc) is 2.01. The molecule has 1 aliphatic rings. The minimum Gasteiger partial charge on any atom is -0.481 e. The Morgan fingerprint density at radius 3 is 2.29 bits per heavy atom. The van der Waals surface area contributed by atoms with E-state index in [2.05, 4.69) is 27.7 Å². The molecule has 0 spiro atoms. The Bertz CT molecular complexity index is 215. The van der Waals surface area contributed by atoms with E-state index in [9.17, 15) is 4.79 Å². The summed E-state index contributed by atoms with van der Waals surface area (Å²) in [6.45, 7) is 8.71. The largest absolute Gasteiger partial charge is 0.481 e. The lowest BCUT2D eigenvalue weighted by molar-refractivity contribution is -0.147. The topological polar surface area (TPSA) is 37.3 Å². The number of hydrogen-bond donors (Lipinski definition) is 1. The third-order valence-electron chi connectivity index (χ3n) is 3.54. The van der Waals surface area contributed by atoms with Crippen molar-refractivity contribution >= 4 is 5.97 Å². The van der Waals surface area contributed by atoms with Crippen molar-refractivity contribution in [3.63, 3.8) is 0 Å². The molecule has 0 aromatic rings. The fourth-order valence-electron chi connectivity index (χ4n) is 2.63. The van der Waals surface area contributed by atoms with Gasteiger partial charge in [-0.1, -0.05) is 27.7 Å². The minimum atomic E-state index is -0.600. The Labute approximate surface area is 86.7 Å². The van der Waals surface area contributed by atoms with Gasteiger partial charge in [0.05, 0.1) is 5.92 Å². The van der Waals surface area contributed by atoms with Crippen molar-refractivity contribution in [2.75, 3.05) is 0 Å². The maximum absolute atomic E-state index is 11.1. The molecule has 1 saturated carbocycles. The van der Waals surface area contributed by atoms with Gasteiger partial charge in [-0.3, -0.25) is 4.79 Å². The molecule has 1 aliphatic carbocycles. The van der Waals surface area contributed by atoms with Crippen LogP contribution >= 0.6 is 0 Å². The lowest BCUT2D eigenvalue weighted by atomic mass is 9.64. The molecule has 1 fully saturated rings. The van der Waals surface area contributed by atoms with Gasteiger partial charge in [0.25, 0.3) is 0 Å². The summed E-state index contributed by atoms with van der Waals surface area (Å²) in [5.41, 5.74) is 0.123. The lowest BCUT2D eigenvalue weighted by Gasteiger charge is -2.40. The van der Waals surface area contributed by atoms with Crippen LogP contribution in [-0.4, -0.2) is 11.1 Å². The number of rotatable bonds is 1. The van der Waals surface area contributed by atoms with E-state index in [1.807, 2.05) is 0 Å². The third-order valence-corrected chi connectivity index (χ3v) is 3.54. The second-order valence-electron chi connectivity index (χ2n) is 5.84. The molecule has 0 bridgehead atoms. The smallest absolute Gasteiger partial charge is 0.306 e. The van der Waals surface area contributed by atoms with Crippen molar-refractivity contribution in [2.45, 2.75) is 47.0 Å². The molecule has 0 radical (unpaired) electrons. The lowest BCUT2D eigenvalue weighted by Crippen LogP contribution is -2.37. The maximum Gasteiger partial charge on any atom is 0.306 e. The highest BCUT2D eigenvalue weighted by atomic mass is 16.4. The zero-order chi connectivity index (χ0) is 10.9. The maximum atomic E-state index is 11.1. The first kappa shape index (κ1) is 11.5. The number of carboxylic acid groups (broad SMARTS) is 1. The van der Waals surface area contributed by atoms with E-state index in [-0.39, 0.29) is 11.3 Å². The van der Waals surface area contributed by atoms with Crippen molar-refractivity contribution < 1.29 is 9.90 Å². The fourth-order valence-corrected chi connectivity index (χ4v) is 2.63. The minimum absolute atomic E-state index is 0.119. The van der Waals surface area contributed by atoms with Gasteiger partial charge in [0.1, 0.15) is 0 Å². The summed E-state index contributed by atoms with van der Waals surface area (Å²) in [6, 6.07) is 0. The molecular formula is C12H22O2. The second-order valence-corrected chi connectivity index (χ2v) is 5.84. The van der Waals surface area contributed by atoms with E-state index in [0.29, 0.717) is 11.8 Å². The molecule has 0 heterocycles. The van der Waals surface area contributed by atoms with Crippen molar-refractivity contribution in [1.82, 2.24) is 0 Å². The normalized spacial score (nSPS) is 34.1. The molecular weight excluding hydrogens is 176 g/mol. The Balaban J connectivity index is 2.79. The molecule has 0 aliphatic heterocycles. The Morgan fingerprint density at radius 2 is 1.86 bits per heavy atom. The van der Waals surface area contributed by atoms with Crippen LogP contribution < -0.4 is 0 Å². The zero-order valence-corrected chi connectivity index (χ0v) is 9.71. The first-order chi connectivity index (χ1) is 6.32. The Morgan fingerprint density at radius 1 is 1.29 bits per heavy atom. The van der Waals surface area contributed by atoms with Crippen LogP contribution in [0.15, 0.2) is 0 Å². The van der Waals surface area contributed by atoms with Gasteiger partial charge < -0.3 is 5.11 Å². The Hall–Kier alpha value is -0.530. The van der Waals surface area contributed by atoms with Crippen molar-refractivity contribution in [3.05, 3.63) is 0 Å². The molecule has 1 N–H and O–H groups in total. The Kier molecular flexibility index (Phi) is 3.23. The highest BCUT2D eigenvalue weighted by Crippen LogP contribution is 2.43. The summed E-state index contributed by atoms with van der Waals surface area (Å²) in [7, 11) is 0. The standard InChI is InChI=1S/C12H22O2/c1-8-5-6-9(11(13)14)10(7-8)12(2,3)4/h8-10H,5-7H2,1-4H3,(H,13,14). The quantitative estimate of drug-likeness (QED) is 0.702. The van der Waals surface area contributed by atoms with Crippen molar-refractivity contribution in [3.8, 4) is 0 Å². The van der Waals surface area contributed by atoms with Gasteiger partial charge in [0, 0.05) is 0 Å². The molecule has 14 heavy (non-hydrogen) atoms. The summed E-state index contributed by atoms with van der Waals surface area (Å²) in [5, 5.41) is 9.16. The van der Waals surface area contributed by atoms with Gasteiger partial charge in [0.2, 0.25) is 0 Å². The van der Waals surface area contributed by atoms with Crippen LogP contribution in [0, 0.1) is 23.2 Å². The monoisotopic (exact) mass is 198 g/mol. The van der Waals surface area contributed by atoms with Gasteiger partial charge in [-0.2, -0.15) is 0 Å². The molecule has 3 unspecified atom stereocenters. The van der Waals surface area contributed by atoms with Crippen LogP contribution in [0.25, 0.3) is 0 Å². The van der Waals surface area contributed by atoms with Crippen LogP contribution in [0.5, 0.6) is 0 Å². The summed E-state index contributed by atoms with van der Waals surface area (Å²) in [6.07, 6.45) is 3.00. The van der Waals surface area contributed by atoms with Gasteiger partial charge in [-0.05, 0) is 36.5 Å². The predicted octanol–water partition coefficient (Wildman–Crippen LogP) is 3.17. The third kappa shape index (κ3) is 2.49. The van der Waals surface area contributed by atoms with E-state index in [0.717, 1.165) is 19.3 Å². The van der Waals surface area contributed by atoms with E-state index >= 15 is 0 Å². The highest BCUT2D eigenvalue weighted by Gasteiger charge is 2.39. The predicted molar refractivity (Wildman–Crippen MR) is 57.1 cm³/mol. The van der Waals surface area contributed by atoms with Crippen LogP contribution in [0.4, 0.5) is 0 Å². The van der Waals surface area contributed by atoms with E-state index in [1.54, 1.807) is 0 Å². The molecule has 0 saturated heterocycles. The zero-order valence-electron chi connectivity index (χ0n) is 9.71. The van der Waals surface area contributed by atoms with Crippen molar-refractivity contribution in [1.29, 1.82) is 0 Å². The second kappa shape index (κ2) is 3.92. The summed E-state index contributed by atoms with van der Waals surface area (Å²) in [5.74, 6) is 0.307. The van der Waals surface area contributed by atoms with Gasteiger partial charge in [0.15, 0.2) is 0 Å². The molecule has 82 valence electrons. The number of carboxylic acids is 1. The van der Waals surface area contributed by atoms with Crippen LogP contribution in [0.1, 0.15) is 47.0 Å². The van der Waals surface area contributed by atoms with Gasteiger partial charge in [-0.25, -0.2) is 0 Å². The highest BCUT2D eigenvalue weighted by molar-refractivity contribution is 5.70. The van der Waals surface area contributed by atoms with Gasteiger partial charge in [-0.15, -0.1) is 0 Å². The summed E-state index contributed by atoms with van der Waals surface area (Å²) < 4.78 is 0. The first-order valence-corrected chi connectivity index (χ1v) is 5.55. The van der Waals surface area contributed by atoms with Crippen LogP contribution in [0.2, 0.25) is 0 Å². The molecule has 1 rings (SSSR count). The molecule has 0 amide bonds. The van der Waals surface area contributed by atoms with E-state index < -0.39 is 5.97 Å². The number of hydrogen-bond acceptors (Lipinski definition) is 1. The molecule has 0 aromatic heterocycles. The summed E-state index contributed by atoms with van der Waals surface area (Å²) >= 11 is 0.